The van der Waals surface area contributed by atoms with E-state index >= 15 is 0 Å². The first-order chi connectivity index (χ1) is 12.9. The minimum absolute atomic E-state index is 0.0215. The van der Waals surface area contributed by atoms with Gasteiger partial charge in [-0.1, -0.05) is 29.8 Å². The molecule has 0 saturated heterocycles. The van der Waals surface area contributed by atoms with Crippen molar-refractivity contribution >= 4 is 39.8 Å². The highest BCUT2D eigenvalue weighted by atomic mass is 32.2. The third-order valence-electron chi connectivity index (χ3n) is 4.58. The molecule has 1 heterocycles. The molecule has 0 saturated carbocycles. The van der Waals surface area contributed by atoms with Crippen molar-refractivity contribution < 1.29 is 4.79 Å². The number of thioether (sulfide) groups is 1. The number of aryl methyl sites for hydroxylation is 3. The summed E-state index contributed by atoms with van der Waals surface area (Å²) in [6.07, 6.45) is 0. The van der Waals surface area contributed by atoms with E-state index < -0.39 is 0 Å². The maximum Gasteiger partial charge on any atom is 0.230 e. The fraction of sp³-hybridized carbons (Fsp3) is 0.273. The van der Waals surface area contributed by atoms with Crippen LogP contribution in [-0.4, -0.2) is 10.9 Å². The van der Waals surface area contributed by atoms with Gasteiger partial charge in [0.2, 0.25) is 5.91 Å². The van der Waals surface area contributed by atoms with Crippen molar-refractivity contribution in [2.24, 2.45) is 0 Å². The Labute approximate surface area is 169 Å². The molecule has 0 aliphatic rings. The van der Waals surface area contributed by atoms with E-state index in [0.717, 1.165) is 27.8 Å². The molecule has 5 heteroatoms. The molecule has 1 amide bonds. The number of hydrogen-bond acceptors (Lipinski definition) is 4. The summed E-state index contributed by atoms with van der Waals surface area (Å²) in [7, 11) is 0. The fourth-order valence-corrected chi connectivity index (χ4v) is 4.87. The monoisotopic (exact) mass is 396 g/mol. The van der Waals surface area contributed by atoms with E-state index in [-0.39, 0.29) is 5.91 Å². The Kier molecular flexibility index (Phi) is 6.02. The SMILES string of the molecule is CC(=O)N(c1nc(CSc2cc(C)ccc2C)cs1)c1cccc(C)c1C. The number of aromatic nitrogens is 1. The number of carbonyl (C=O) groups excluding carboxylic acids is 1. The maximum atomic E-state index is 12.4. The Balaban J connectivity index is 1.83. The van der Waals surface area contributed by atoms with Crippen LogP contribution >= 0.6 is 23.1 Å². The molecule has 0 atom stereocenters. The molecule has 0 N–H and O–H groups in total. The summed E-state index contributed by atoms with van der Waals surface area (Å²) in [6.45, 7) is 9.94. The Morgan fingerprint density at radius 3 is 2.63 bits per heavy atom. The third kappa shape index (κ3) is 4.42. The molecule has 0 aliphatic carbocycles. The van der Waals surface area contributed by atoms with Crippen molar-refractivity contribution in [2.45, 2.75) is 45.3 Å². The van der Waals surface area contributed by atoms with Gasteiger partial charge < -0.3 is 0 Å². The molecule has 3 rings (SSSR count). The van der Waals surface area contributed by atoms with Crippen molar-refractivity contribution in [1.29, 1.82) is 0 Å². The first-order valence-electron chi connectivity index (χ1n) is 8.88. The van der Waals surface area contributed by atoms with Crippen molar-refractivity contribution in [3.05, 3.63) is 69.7 Å². The van der Waals surface area contributed by atoms with Crippen LogP contribution in [0.2, 0.25) is 0 Å². The topological polar surface area (TPSA) is 33.2 Å². The van der Waals surface area contributed by atoms with Crippen LogP contribution in [0.25, 0.3) is 0 Å². The number of hydrogen-bond donors (Lipinski definition) is 0. The van der Waals surface area contributed by atoms with Crippen LogP contribution in [-0.2, 0) is 10.5 Å². The van der Waals surface area contributed by atoms with E-state index in [1.807, 2.05) is 19.1 Å². The summed E-state index contributed by atoms with van der Waals surface area (Å²) in [5.74, 6) is 0.770. The van der Waals surface area contributed by atoms with Gasteiger partial charge in [-0.25, -0.2) is 4.98 Å². The maximum absolute atomic E-state index is 12.4. The lowest BCUT2D eigenvalue weighted by Gasteiger charge is -2.21. The Hall–Kier alpha value is -2.11. The summed E-state index contributed by atoms with van der Waals surface area (Å²) in [5.41, 5.74) is 6.72. The van der Waals surface area contributed by atoms with Gasteiger partial charge in [0.1, 0.15) is 0 Å². The predicted octanol–water partition coefficient (Wildman–Crippen LogP) is 6.35. The van der Waals surface area contributed by atoms with Crippen LogP contribution in [0.1, 0.15) is 34.9 Å². The van der Waals surface area contributed by atoms with Gasteiger partial charge in [0, 0.05) is 23.0 Å². The summed E-state index contributed by atoms with van der Waals surface area (Å²) in [6, 6.07) is 12.5. The van der Waals surface area contributed by atoms with E-state index in [2.05, 4.69) is 50.4 Å². The number of rotatable bonds is 5. The van der Waals surface area contributed by atoms with E-state index in [0.29, 0.717) is 0 Å². The Morgan fingerprint density at radius 2 is 1.89 bits per heavy atom. The molecule has 0 bridgehead atoms. The standard InChI is InChI=1S/C22H24N2OS2/c1-14-9-10-16(3)21(11-14)26-12-19-13-27-22(23-19)24(18(5)25)20-8-6-7-15(2)17(20)4/h6-11,13H,12H2,1-5H3. The minimum atomic E-state index is -0.0215. The van der Waals surface area contributed by atoms with E-state index in [4.69, 9.17) is 4.98 Å². The Morgan fingerprint density at radius 1 is 1.11 bits per heavy atom. The zero-order valence-corrected chi connectivity index (χ0v) is 18.0. The minimum Gasteiger partial charge on any atom is -0.274 e. The first kappa shape index (κ1) is 19.6. The number of carbonyl (C=O) groups is 1. The molecule has 140 valence electrons. The molecule has 0 spiro atoms. The number of anilines is 2. The molecule has 3 nitrogen and oxygen atoms in total. The third-order valence-corrected chi connectivity index (χ3v) is 6.65. The molecule has 0 fully saturated rings. The van der Waals surface area contributed by atoms with Gasteiger partial charge in [-0.15, -0.1) is 23.1 Å². The summed E-state index contributed by atoms with van der Waals surface area (Å²) in [4.78, 5) is 20.1. The molecule has 1 aromatic heterocycles. The summed E-state index contributed by atoms with van der Waals surface area (Å²) < 4.78 is 0. The van der Waals surface area contributed by atoms with Gasteiger partial charge in [0.15, 0.2) is 5.13 Å². The highest BCUT2D eigenvalue weighted by Gasteiger charge is 2.20. The van der Waals surface area contributed by atoms with Crippen LogP contribution < -0.4 is 4.90 Å². The zero-order chi connectivity index (χ0) is 19.6. The average molecular weight is 397 g/mol. The van der Waals surface area contributed by atoms with Crippen LogP contribution in [0.3, 0.4) is 0 Å². The van der Waals surface area contributed by atoms with Gasteiger partial charge in [-0.2, -0.15) is 0 Å². The van der Waals surface area contributed by atoms with Gasteiger partial charge in [-0.05, 0) is 56.5 Å². The average Bonchev–Trinajstić information content (AvgIpc) is 3.08. The number of thiazole rings is 1. The quantitative estimate of drug-likeness (QED) is 0.471. The lowest BCUT2D eigenvalue weighted by atomic mass is 10.1. The van der Waals surface area contributed by atoms with Crippen molar-refractivity contribution in [2.75, 3.05) is 4.90 Å². The molecule has 0 radical (unpaired) electrons. The lowest BCUT2D eigenvalue weighted by molar-refractivity contribution is -0.115. The number of nitrogens with zero attached hydrogens (tertiary/aromatic N) is 2. The number of benzene rings is 2. The van der Waals surface area contributed by atoms with Gasteiger partial charge >= 0.3 is 0 Å². The van der Waals surface area contributed by atoms with E-state index in [1.54, 1.807) is 23.6 Å². The highest BCUT2D eigenvalue weighted by molar-refractivity contribution is 7.98. The number of amides is 1. The lowest BCUT2D eigenvalue weighted by Crippen LogP contribution is -2.23. The molecule has 0 aliphatic heterocycles. The van der Waals surface area contributed by atoms with Crippen LogP contribution in [0, 0.1) is 27.7 Å². The van der Waals surface area contributed by atoms with E-state index in [9.17, 15) is 4.79 Å². The Bertz CT molecular complexity index is 978. The molecular weight excluding hydrogens is 372 g/mol. The van der Waals surface area contributed by atoms with Crippen LogP contribution in [0.5, 0.6) is 0 Å². The van der Waals surface area contributed by atoms with E-state index in [1.165, 1.54) is 32.9 Å². The van der Waals surface area contributed by atoms with Gasteiger partial charge in [-0.3, -0.25) is 9.69 Å². The second-order valence-electron chi connectivity index (χ2n) is 6.75. The molecule has 2 aromatic carbocycles. The summed E-state index contributed by atoms with van der Waals surface area (Å²) >= 11 is 3.31. The molecule has 0 unspecified atom stereocenters. The second-order valence-corrected chi connectivity index (χ2v) is 8.61. The normalized spacial score (nSPS) is 10.9. The highest BCUT2D eigenvalue weighted by Crippen LogP contribution is 2.34. The second kappa shape index (κ2) is 8.28. The predicted molar refractivity (Wildman–Crippen MR) is 116 cm³/mol. The van der Waals surface area contributed by atoms with Crippen molar-refractivity contribution in [3.63, 3.8) is 0 Å². The summed E-state index contributed by atoms with van der Waals surface area (Å²) in [5, 5.41) is 2.78. The van der Waals surface area contributed by atoms with Crippen molar-refractivity contribution in [3.8, 4) is 0 Å². The zero-order valence-electron chi connectivity index (χ0n) is 16.4. The first-order valence-corrected chi connectivity index (χ1v) is 10.7. The van der Waals surface area contributed by atoms with Crippen molar-refractivity contribution in [1.82, 2.24) is 4.98 Å². The van der Waals surface area contributed by atoms with Gasteiger partial charge in [0.25, 0.3) is 0 Å². The molecule has 27 heavy (non-hydrogen) atoms. The van der Waals surface area contributed by atoms with Crippen LogP contribution in [0.15, 0.2) is 46.7 Å². The van der Waals surface area contributed by atoms with Crippen LogP contribution in [0.4, 0.5) is 10.8 Å². The van der Waals surface area contributed by atoms with Gasteiger partial charge in [0.05, 0.1) is 11.4 Å². The fourth-order valence-electron chi connectivity index (χ4n) is 2.86. The molecule has 3 aromatic rings. The molecular formula is C22H24N2OS2. The largest absolute Gasteiger partial charge is 0.274 e. The smallest absolute Gasteiger partial charge is 0.230 e.